The molecule has 1 aliphatic heterocycles. The Morgan fingerprint density at radius 2 is 2.05 bits per heavy atom. The number of rotatable bonds is 3. The van der Waals surface area contributed by atoms with E-state index in [4.69, 9.17) is 4.74 Å². The van der Waals surface area contributed by atoms with E-state index in [-0.39, 0.29) is 11.8 Å². The lowest BCUT2D eigenvalue weighted by Crippen LogP contribution is -2.31. The van der Waals surface area contributed by atoms with Gasteiger partial charge < -0.3 is 15.2 Å². The first-order valence-corrected chi connectivity index (χ1v) is 6.95. The zero-order valence-electron chi connectivity index (χ0n) is 11.6. The first-order valence-electron chi connectivity index (χ1n) is 6.95. The monoisotopic (exact) mass is 269 g/mol. The lowest BCUT2D eigenvalue weighted by molar-refractivity contribution is 0.370. The van der Waals surface area contributed by atoms with E-state index in [1.807, 2.05) is 18.2 Å². The molecule has 0 bridgehead atoms. The summed E-state index contributed by atoms with van der Waals surface area (Å²) < 4.78 is 5.23. The molecule has 3 heteroatoms. The molecule has 2 aromatic carbocycles. The van der Waals surface area contributed by atoms with Crippen molar-refractivity contribution in [2.75, 3.05) is 13.7 Å². The average Bonchev–Trinajstić information content (AvgIpc) is 2.48. The molecule has 0 amide bonds. The molecular weight excluding hydrogens is 250 g/mol. The fraction of sp³-hybridized carbons (Fsp3) is 0.294. The Kier molecular flexibility index (Phi) is 3.61. The molecule has 1 unspecified atom stereocenters. The van der Waals surface area contributed by atoms with Gasteiger partial charge in [-0.25, -0.2) is 0 Å². The van der Waals surface area contributed by atoms with Gasteiger partial charge in [0.15, 0.2) is 11.5 Å². The lowest BCUT2D eigenvalue weighted by Gasteiger charge is -2.28. The molecule has 1 atom stereocenters. The number of nitrogens with one attached hydrogen (secondary N) is 1. The molecule has 0 aromatic heterocycles. The van der Waals surface area contributed by atoms with Crippen molar-refractivity contribution in [3.05, 3.63) is 59.2 Å². The van der Waals surface area contributed by atoms with E-state index < -0.39 is 0 Å². The molecule has 0 saturated heterocycles. The standard InChI is InChI=1S/C17H19NO2/c1-20-17-11-14-13(10-16(17)19)7-8-18-15(14)9-12-5-3-2-4-6-12/h2-6,10-11,15,18-19H,7-9H2,1H3. The maximum absolute atomic E-state index is 9.90. The highest BCUT2D eigenvalue weighted by Gasteiger charge is 2.22. The van der Waals surface area contributed by atoms with Gasteiger partial charge in [-0.05, 0) is 48.2 Å². The minimum absolute atomic E-state index is 0.228. The van der Waals surface area contributed by atoms with E-state index in [1.165, 1.54) is 16.7 Å². The topological polar surface area (TPSA) is 41.5 Å². The average molecular weight is 269 g/mol. The number of hydrogen-bond donors (Lipinski definition) is 2. The second-order valence-corrected chi connectivity index (χ2v) is 5.17. The van der Waals surface area contributed by atoms with Gasteiger partial charge in [-0.2, -0.15) is 0 Å². The van der Waals surface area contributed by atoms with Crippen molar-refractivity contribution >= 4 is 0 Å². The Hall–Kier alpha value is -2.00. The maximum Gasteiger partial charge on any atom is 0.160 e. The number of phenolic OH excluding ortho intramolecular Hbond substituents is 1. The Labute approximate surface area is 119 Å². The number of aromatic hydroxyl groups is 1. The number of phenols is 1. The summed E-state index contributed by atoms with van der Waals surface area (Å²) in [6.07, 6.45) is 1.89. The summed E-state index contributed by atoms with van der Waals surface area (Å²) in [6, 6.07) is 14.5. The number of fused-ring (bicyclic) bond motifs is 1. The molecule has 2 aromatic rings. The van der Waals surface area contributed by atoms with Crippen LogP contribution in [0.15, 0.2) is 42.5 Å². The molecule has 0 saturated carbocycles. The van der Waals surface area contributed by atoms with Crippen LogP contribution in [0.3, 0.4) is 0 Å². The number of methoxy groups -OCH3 is 1. The number of benzene rings is 2. The Balaban J connectivity index is 1.93. The molecule has 0 fully saturated rings. The van der Waals surface area contributed by atoms with Crippen molar-refractivity contribution in [2.45, 2.75) is 18.9 Å². The van der Waals surface area contributed by atoms with Gasteiger partial charge >= 0.3 is 0 Å². The summed E-state index contributed by atoms with van der Waals surface area (Å²) >= 11 is 0. The summed E-state index contributed by atoms with van der Waals surface area (Å²) in [7, 11) is 1.59. The van der Waals surface area contributed by atoms with Gasteiger partial charge in [0, 0.05) is 6.04 Å². The first-order chi connectivity index (χ1) is 9.78. The van der Waals surface area contributed by atoms with Crippen LogP contribution in [0.2, 0.25) is 0 Å². The van der Waals surface area contributed by atoms with Crippen LogP contribution in [0, 0.1) is 0 Å². The number of hydrogen-bond acceptors (Lipinski definition) is 3. The third-order valence-electron chi connectivity index (χ3n) is 3.88. The first kappa shape index (κ1) is 13.0. The second kappa shape index (κ2) is 5.55. The Bertz CT molecular complexity index is 595. The highest BCUT2D eigenvalue weighted by molar-refractivity contribution is 5.49. The van der Waals surface area contributed by atoms with Gasteiger partial charge in [-0.3, -0.25) is 0 Å². The Morgan fingerprint density at radius 1 is 1.25 bits per heavy atom. The van der Waals surface area contributed by atoms with Crippen LogP contribution in [0.25, 0.3) is 0 Å². The molecular formula is C17H19NO2. The zero-order chi connectivity index (χ0) is 13.9. The lowest BCUT2D eigenvalue weighted by atomic mass is 9.90. The largest absolute Gasteiger partial charge is 0.504 e. The maximum atomic E-state index is 9.90. The minimum Gasteiger partial charge on any atom is -0.504 e. The highest BCUT2D eigenvalue weighted by atomic mass is 16.5. The van der Waals surface area contributed by atoms with Crippen LogP contribution in [-0.2, 0) is 12.8 Å². The van der Waals surface area contributed by atoms with Crippen LogP contribution in [0.4, 0.5) is 0 Å². The van der Waals surface area contributed by atoms with E-state index >= 15 is 0 Å². The van der Waals surface area contributed by atoms with E-state index in [2.05, 4.69) is 29.6 Å². The molecule has 20 heavy (non-hydrogen) atoms. The molecule has 2 N–H and O–H groups in total. The highest BCUT2D eigenvalue weighted by Crippen LogP contribution is 2.35. The summed E-state index contributed by atoms with van der Waals surface area (Å²) in [4.78, 5) is 0. The van der Waals surface area contributed by atoms with Gasteiger partial charge in [-0.15, -0.1) is 0 Å². The third kappa shape index (κ3) is 2.49. The van der Waals surface area contributed by atoms with E-state index in [0.29, 0.717) is 5.75 Å². The van der Waals surface area contributed by atoms with Crippen molar-refractivity contribution in [1.29, 1.82) is 0 Å². The van der Waals surface area contributed by atoms with E-state index in [1.54, 1.807) is 7.11 Å². The van der Waals surface area contributed by atoms with E-state index in [0.717, 1.165) is 19.4 Å². The molecule has 1 aliphatic rings. The van der Waals surface area contributed by atoms with Gasteiger partial charge in [0.2, 0.25) is 0 Å². The minimum atomic E-state index is 0.228. The molecule has 0 aliphatic carbocycles. The van der Waals surface area contributed by atoms with Crippen LogP contribution in [0.1, 0.15) is 22.7 Å². The third-order valence-corrected chi connectivity index (χ3v) is 3.88. The fourth-order valence-corrected chi connectivity index (χ4v) is 2.85. The van der Waals surface area contributed by atoms with Gasteiger partial charge in [-0.1, -0.05) is 30.3 Å². The summed E-state index contributed by atoms with van der Waals surface area (Å²) in [5.74, 6) is 0.775. The van der Waals surface area contributed by atoms with Crippen LogP contribution in [0.5, 0.6) is 11.5 Å². The SMILES string of the molecule is COc1cc2c(cc1O)CCNC2Cc1ccccc1. The summed E-state index contributed by atoms with van der Waals surface area (Å²) in [6.45, 7) is 0.941. The summed E-state index contributed by atoms with van der Waals surface area (Å²) in [5.41, 5.74) is 3.75. The molecule has 3 rings (SSSR count). The quantitative estimate of drug-likeness (QED) is 0.900. The van der Waals surface area contributed by atoms with Gasteiger partial charge in [0.05, 0.1) is 7.11 Å². The molecule has 0 spiro atoms. The van der Waals surface area contributed by atoms with Crippen LogP contribution >= 0.6 is 0 Å². The molecule has 1 heterocycles. The Morgan fingerprint density at radius 3 is 2.80 bits per heavy atom. The molecule has 104 valence electrons. The van der Waals surface area contributed by atoms with Gasteiger partial charge in [0.25, 0.3) is 0 Å². The fourth-order valence-electron chi connectivity index (χ4n) is 2.85. The van der Waals surface area contributed by atoms with Crippen LogP contribution in [-0.4, -0.2) is 18.8 Å². The van der Waals surface area contributed by atoms with Crippen molar-refractivity contribution < 1.29 is 9.84 Å². The number of ether oxygens (including phenoxy) is 1. The predicted molar refractivity (Wildman–Crippen MR) is 79.3 cm³/mol. The predicted octanol–water partition coefficient (Wildman–Crippen LogP) is 2.83. The van der Waals surface area contributed by atoms with Crippen molar-refractivity contribution in [3.63, 3.8) is 0 Å². The van der Waals surface area contributed by atoms with E-state index in [9.17, 15) is 5.11 Å². The smallest absolute Gasteiger partial charge is 0.160 e. The van der Waals surface area contributed by atoms with Crippen LogP contribution < -0.4 is 10.1 Å². The van der Waals surface area contributed by atoms with Crippen molar-refractivity contribution in [3.8, 4) is 11.5 Å². The van der Waals surface area contributed by atoms with Gasteiger partial charge in [0.1, 0.15) is 0 Å². The summed E-state index contributed by atoms with van der Waals surface area (Å²) in [5, 5.41) is 13.5. The van der Waals surface area contributed by atoms with Crippen molar-refractivity contribution in [1.82, 2.24) is 5.32 Å². The zero-order valence-corrected chi connectivity index (χ0v) is 11.6. The normalized spacial score (nSPS) is 17.6. The second-order valence-electron chi connectivity index (χ2n) is 5.17. The molecule has 3 nitrogen and oxygen atoms in total. The van der Waals surface area contributed by atoms with Crippen molar-refractivity contribution in [2.24, 2.45) is 0 Å². The molecule has 0 radical (unpaired) electrons.